The van der Waals surface area contributed by atoms with Gasteiger partial charge in [-0.2, -0.15) is 0 Å². The molecule has 0 spiro atoms. The van der Waals surface area contributed by atoms with Gasteiger partial charge in [-0.15, -0.1) is 0 Å². The summed E-state index contributed by atoms with van der Waals surface area (Å²) in [6.07, 6.45) is 1.87. The predicted molar refractivity (Wildman–Crippen MR) is 101 cm³/mol. The lowest BCUT2D eigenvalue weighted by atomic mass is 10.0. The number of carboxylic acid groups (broad SMARTS) is 1. The zero-order valence-corrected chi connectivity index (χ0v) is 15.3. The van der Waals surface area contributed by atoms with Crippen LogP contribution in [0.25, 0.3) is 10.9 Å². The summed E-state index contributed by atoms with van der Waals surface area (Å²) in [6, 6.07) is 5.32. The van der Waals surface area contributed by atoms with Crippen LogP contribution in [0.2, 0.25) is 0 Å². The van der Waals surface area contributed by atoms with Crippen molar-refractivity contribution in [1.82, 2.24) is 20.9 Å². The molecule has 7 N–H and O–H groups in total. The maximum Gasteiger partial charge on any atom is 0.325 e. The number of fused-ring (bicyclic) bond motifs is 1. The Hall–Kier alpha value is -3.40. The highest BCUT2D eigenvalue weighted by Gasteiger charge is 2.25. The summed E-state index contributed by atoms with van der Waals surface area (Å²) >= 11 is 0. The molecule has 2 aromatic rings. The molecule has 1 aromatic carbocycles. The number of aliphatic carboxylic acids is 1. The summed E-state index contributed by atoms with van der Waals surface area (Å²) in [5.74, 6) is -2.93. The van der Waals surface area contributed by atoms with Gasteiger partial charge in [0.05, 0.1) is 13.1 Å². The van der Waals surface area contributed by atoms with Crippen LogP contribution in [0.5, 0.6) is 0 Å². The van der Waals surface area contributed by atoms with Crippen LogP contribution in [-0.2, 0) is 25.6 Å². The Labute approximate surface area is 160 Å². The van der Waals surface area contributed by atoms with Crippen molar-refractivity contribution in [2.24, 2.45) is 5.73 Å². The van der Waals surface area contributed by atoms with E-state index in [4.69, 9.17) is 10.8 Å². The maximum absolute atomic E-state index is 12.5. The molecule has 1 heterocycles. The zero-order valence-electron chi connectivity index (χ0n) is 15.3. The number of para-hydroxylation sites is 1. The number of hydrogen-bond donors (Lipinski definition) is 6. The molecule has 0 saturated carbocycles. The summed E-state index contributed by atoms with van der Waals surface area (Å²) in [5.41, 5.74) is 6.82. The van der Waals surface area contributed by atoms with Crippen molar-refractivity contribution in [2.75, 3.05) is 13.1 Å². The number of nitrogens with two attached hydrogens (primary N) is 1. The normalized spacial score (nSPS) is 12.8. The van der Waals surface area contributed by atoms with Crippen LogP contribution in [-0.4, -0.2) is 59.0 Å². The predicted octanol–water partition coefficient (Wildman–Crippen LogP) is -1.14. The number of H-pyrrole nitrogens is 1. The lowest BCUT2D eigenvalue weighted by molar-refractivity contribution is -0.141. The van der Waals surface area contributed by atoms with Gasteiger partial charge in [-0.1, -0.05) is 18.2 Å². The van der Waals surface area contributed by atoms with E-state index in [-0.39, 0.29) is 19.5 Å². The zero-order chi connectivity index (χ0) is 20.7. The van der Waals surface area contributed by atoms with Gasteiger partial charge in [0.1, 0.15) is 12.1 Å². The number of hydrogen-bond acceptors (Lipinski definition) is 5. The van der Waals surface area contributed by atoms with Gasteiger partial charge in [-0.05, 0) is 18.6 Å². The van der Waals surface area contributed by atoms with Gasteiger partial charge in [-0.3, -0.25) is 19.2 Å². The minimum absolute atomic E-state index is 0.138. The average Bonchev–Trinajstić information content (AvgIpc) is 3.08. The van der Waals surface area contributed by atoms with E-state index >= 15 is 0 Å². The molecule has 0 fully saturated rings. The highest BCUT2D eigenvalue weighted by atomic mass is 16.4. The third-order valence-corrected chi connectivity index (χ3v) is 4.11. The number of amides is 3. The first-order valence-corrected chi connectivity index (χ1v) is 8.66. The highest BCUT2D eigenvalue weighted by molar-refractivity contribution is 5.93. The van der Waals surface area contributed by atoms with Crippen LogP contribution < -0.4 is 21.7 Å². The quantitative estimate of drug-likeness (QED) is 0.317. The number of aromatic amines is 1. The molecule has 28 heavy (non-hydrogen) atoms. The standard InChI is InChI=1S/C18H23N5O5/c1-10(18(27)28)22-17(26)14(23-16(25)9-21-15(24)7-19)6-11-8-20-13-5-3-2-4-12(11)13/h2-5,8,10,14,20H,6-7,9,19H2,1H3,(H,21,24)(H,22,26)(H,23,25)(H,27,28). The highest BCUT2D eigenvalue weighted by Crippen LogP contribution is 2.19. The first kappa shape index (κ1) is 20.9. The molecule has 10 nitrogen and oxygen atoms in total. The first-order chi connectivity index (χ1) is 13.3. The van der Waals surface area contributed by atoms with Gasteiger partial charge in [0.25, 0.3) is 0 Å². The van der Waals surface area contributed by atoms with Crippen molar-refractivity contribution in [3.8, 4) is 0 Å². The van der Waals surface area contributed by atoms with Crippen LogP contribution >= 0.6 is 0 Å². The van der Waals surface area contributed by atoms with E-state index in [1.54, 1.807) is 6.20 Å². The van der Waals surface area contributed by atoms with Crippen LogP contribution in [0.3, 0.4) is 0 Å². The summed E-state index contributed by atoms with van der Waals surface area (Å²) in [7, 11) is 0. The Morgan fingerprint density at radius 1 is 1.14 bits per heavy atom. The average molecular weight is 389 g/mol. The van der Waals surface area contributed by atoms with Crippen LogP contribution in [0.4, 0.5) is 0 Å². The Balaban J connectivity index is 2.15. The topological polar surface area (TPSA) is 166 Å². The number of carbonyl (C=O) groups is 4. The molecule has 0 radical (unpaired) electrons. The van der Waals surface area contributed by atoms with Crippen LogP contribution in [0.1, 0.15) is 12.5 Å². The smallest absolute Gasteiger partial charge is 0.325 e. The molecular weight excluding hydrogens is 366 g/mol. The molecule has 2 rings (SSSR count). The molecule has 2 unspecified atom stereocenters. The van der Waals surface area contributed by atoms with Gasteiger partial charge in [0, 0.05) is 23.5 Å². The summed E-state index contributed by atoms with van der Waals surface area (Å²) in [5, 5.41) is 17.1. The summed E-state index contributed by atoms with van der Waals surface area (Å²) < 4.78 is 0. The van der Waals surface area contributed by atoms with E-state index in [1.165, 1.54) is 6.92 Å². The Bertz CT molecular complexity index is 878. The Morgan fingerprint density at radius 2 is 1.86 bits per heavy atom. The lowest BCUT2D eigenvalue weighted by Gasteiger charge is -2.20. The number of benzene rings is 1. The molecule has 0 aliphatic carbocycles. The lowest BCUT2D eigenvalue weighted by Crippen LogP contribution is -2.53. The SMILES string of the molecule is CC(NC(=O)C(Cc1c[nH]c2ccccc12)NC(=O)CNC(=O)CN)C(=O)O. The van der Waals surface area contributed by atoms with E-state index in [0.29, 0.717) is 0 Å². The molecule has 1 aromatic heterocycles. The molecule has 150 valence electrons. The van der Waals surface area contributed by atoms with E-state index in [0.717, 1.165) is 16.5 Å². The number of nitrogens with one attached hydrogen (secondary N) is 4. The van der Waals surface area contributed by atoms with Crippen molar-refractivity contribution in [1.29, 1.82) is 0 Å². The van der Waals surface area contributed by atoms with Gasteiger partial charge in [0.2, 0.25) is 17.7 Å². The summed E-state index contributed by atoms with van der Waals surface area (Å²) in [6.45, 7) is 0.719. The van der Waals surface area contributed by atoms with Crippen molar-refractivity contribution in [3.05, 3.63) is 36.0 Å². The minimum Gasteiger partial charge on any atom is -0.480 e. The van der Waals surface area contributed by atoms with Gasteiger partial charge >= 0.3 is 5.97 Å². The molecule has 0 saturated heterocycles. The van der Waals surface area contributed by atoms with Crippen molar-refractivity contribution in [3.63, 3.8) is 0 Å². The molecular formula is C18H23N5O5. The second-order valence-corrected chi connectivity index (χ2v) is 6.23. The largest absolute Gasteiger partial charge is 0.480 e. The summed E-state index contributed by atoms with van der Waals surface area (Å²) in [4.78, 5) is 50.0. The monoisotopic (exact) mass is 389 g/mol. The second-order valence-electron chi connectivity index (χ2n) is 6.23. The van der Waals surface area contributed by atoms with Crippen LogP contribution in [0, 0.1) is 0 Å². The maximum atomic E-state index is 12.5. The third kappa shape index (κ3) is 5.55. The fourth-order valence-electron chi connectivity index (χ4n) is 2.60. The first-order valence-electron chi connectivity index (χ1n) is 8.66. The molecule has 3 amide bonds. The Kier molecular flexibility index (Phi) is 7.10. The van der Waals surface area contributed by atoms with Crippen molar-refractivity contribution < 1.29 is 24.3 Å². The fraction of sp³-hybridized carbons (Fsp3) is 0.333. The molecule has 0 aliphatic heterocycles. The number of carbonyl (C=O) groups excluding carboxylic acids is 3. The van der Waals surface area contributed by atoms with E-state index in [2.05, 4.69) is 20.9 Å². The van der Waals surface area contributed by atoms with Crippen LogP contribution in [0.15, 0.2) is 30.5 Å². The number of aromatic nitrogens is 1. The molecule has 0 bridgehead atoms. The number of rotatable bonds is 9. The molecule has 2 atom stereocenters. The molecule has 10 heteroatoms. The fourth-order valence-corrected chi connectivity index (χ4v) is 2.60. The van der Waals surface area contributed by atoms with E-state index in [9.17, 15) is 19.2 Å². The third-order valence-electron chi connectivity index (χ3n) is 4.11. The van der Waals surface area contributed by atoms with Crippen molar-refractivity contribution >= 4 is 34.6 Å². The van der Waals surface area contributed by atoms with Gasteiger partial charge < -0.3 is 31.8 Å². The second kappa shape index (κ2) is 9.51. The number of carboxylic acids is 1. The van der Waals surface area contributed by atoms with E-state index < -0.39 is 35.8 Å². The van der Waals surface area contributed by atoms with Gasteiger partial charge in [0.15, 0.2) is 0 Å². The van der Waals surface area contributed by atoms with Crippen molar-refractivity contribution in [2.45, 2.75) is 25.4 Å². The minimum atomic E-state index is -1.19. The molecule has 0 aliphatic rings. The van der Waals surface area contributed by atoms with Gasteiger partial charge in [-0.25, -0.2) is 0 Å². The Morgan fingerprint density at radius 3 is 2.54 bits per heavy atom. The van der Waals surface area contributed by atoms with E-state index in [1.807, 2.05) is 24.3 Å².